The summed E-state index contributed by atoms with van der Waals surface area (Å²) >= 11 is 0. The molecule has 10 atom stereocenters. The molecule has 0 spiro atoms. The van der Waals surface area contributed by atoms with Crippen molar-refractivity contribution in [2.45, 2.75) is 180 Å². The number of H-pyrrole nitrogens is 2. The number of imidazole rings is 2. The number of carbonyl (C=O) groups is 4. The molecule has 10 aliphatic rings. The number of aromatic nitrogens is 8. The topological polar surface area (TPSA) is 543 Å². The van der Waals surface area contributed by atoms with Gasteiger partial charge in [-0.05, 0) is 163 Å². The van der Waals surface area contributed by atoms with Gasteiger partial charge < -0.3 is 101 Å². The van der Waals surface area contributed by atoms with Gasteiger partial charge in [0.25, 0.3) is 22.9 Å². The number of phosphoric acid groups is 2. The molecule has 42 heteroatoms. The minimum atomic E-state index is -4.39. The number of nitrogen functional groups attached to an aromatic ring is 2. The van der Waals surface area contributed by atoms with Crippen LogP contribution in [0, 0.1) is 0 Å². The molecule has 14 N–H and O–H groups in total. The van der Waals surface area contributed by atoms with Crippen LogP contribution in [-0.4, -0.2) is 211 Å². The maximum atomic E-state index is 13.8. The predicted molar refractivity (Wildman–Crippen MR) is 496 cm³/mol. The Hall–Kier alpha value is -12.3. The number of carboxylic acids is 2. The Balaban J connectivity index is 0.000000174. The fourth-order valence-corrected chi connectivity index (χ4v) is 22.4. The number of ether oxygens (including phenoxy) is 4. The molecule has 0 bridgehead atoms. The molecular formula is C94H108N18O22P2. The number of nitrogens with zero attached hydrogens (tertiary/aromatic N) is 10. The van der Waals surface area contributed by atoms with Gasteiger partial charge in [-0.3, -0.25) is 56.4 Å². The number of carboxylic acid groups (broad SMARTS) is 2. The molecule has 0 radical (unpaired) electrons. The zero-order chi connectivity index (χ0) is 94.9. The average molecular weight is 1900 g/mol. The number of benzene rings is 6. The lowest BCUT2D eigenvalue weighted by atomic mass is 9.85. The zero-order valence-electron chi connectivity index (χ0n) is 75.6. The second kappa shape index (κ2) is 38.3. The van der Waals surface area contributed by atoms with Gasteiger partial charge in [0, 0.05) is 155 Å². The van der Waals surface area contributed by atoms with Gasteiger partial charge in [0.15, 0.2) is 34.8 Å². The second-order valence-corrected chi connectivity index (χ2v) is 38.3. The quantitative estimate of drug-likeness (QED) is 0.0189. The number of hydrogen-bond acceptors (Lipinski definition) is 30. The fourth-order valence-electron chi connectivity index (χ4n) is 20.5. The molecule has 716 valence electrons. The third-order valence-electron chi connectivity index (χ3n) is 27.1. The van der Waals surface area contributed by atoms with Crippen molar-refractivity contribution < 1.29 is 95.6 Å². The Labute approximate surface area is 778 Å². The molecule has 4 saturated heterocycles. The lowest BCUT2D eigenvalue weighted by Crippen LogP contribution is -2.39. The highest BCUT2D eigenvalue weighted by Crippen LogP contribution is 2.55. The summed E-state index contributed by atoms with van der Waals surface area (Å²) in [6, 6.07) is 26.4. The van der Waals surface area contributed by atoms with E-state index in [4.69, 9.17) is 48.5 Å². The highest BCUT2D eigenvalue weighted by molar-refractivity contribution is 7.47. The first-order chi connectivity index (χ1) is 65.6. The normalized spacial score (nSPS) is 22.7. The van der Waals surface area contributed by atoms with Crippen LogP contribution in [-0.2, 0) is 62.4 Å². The van der Waals surface area contributed by atoms with Gasteiger partial charge in [-0.1, -0.05) is 37.8 Å². The van der Waals surface area contributed by atoms with Crippen LogP contribution >= 0.6 is 15.6 Å². The SMILES string of the molecule is CCN1CCCc2cc3c(cc21)Oc1cc2c(cc1=C3c1cc(C(=O)NCCCCCCNc3nc4c(=O)[nH]c(N)nc4n3[C@@H]3O[C@@H]4COP(=O)(O)O[C@H]4[C@H]3O)ccc1C(=O)[O-])CCC[N+]=2CC.CCN1CCCc2cc3c(cc21)Oc1cc2c(cc1=C3c1ccc(C(=O)NCCCCCCNc3nc4c(=O)[nH]c(N)nc4n3[C@@H]3O[C@@H]4COP(=O)(O)O[C@H]4[C@H]3O)cc1C(=O)[O-])CCC[N+]=2CC. The molecule has 10 aromatic rings. The van der Waals surface area contributed by atoms with Crippen LogP contribution in [0.15, 0.2) is 94.5 Å². The number of aromatic carboxylic acids is 2. The molecule has 0 saturated carbocycles. The van der Waals surface area contributed by atoms with Crippen molar-refractivity contribution >= 4 is 108 Å². The largest absolute Gasteiger partial charge is 0.545 e. The Bertz CT molecular complexity index is 7020. The monoisotopic (exact) mass is 1900 g/mol. The number of amides is 2. The molecule has 136 heavy (non-hydrogen) atoms. The molecule has 6 aromatic carbocycles. The summed E-state index contributed by atoms with van der Waals surface area (Å²) in [4.78, 5) is 125. The van der Waals surface area contributed by atoms with E-state index in [0.29, 0.717) is 97.1 Å². The number of fused-ring (bicyclic) bond motifs is 12. The van der Waals surface area contributed by atoms with Crippen LogP contribution in [0.2, 0.25) is 0 Å². The molecular weight excluding hydrogens is 1800 g/mol. The minimum absolute atomic E-state index is 0.0145. The first-order valence-corrected chi connectivity index (χ1v) is 49.7. The number of aryl methyl sites for hydroxylation is 4. The fraction of sp³-hybridized carbons (Fsp3) is 0.447. The van der Waals surface area contributed by atoms with Crippen LogP contribution in [0.1, 0.15) is 203 Å². The maximum Gasteiger partial charge on any atom is 0.472 e. The van der Waals surface area contributed by atoms with Crippen LogP contribution in [0.3, 0.4) is 0 Å². The Morgan fingerprint density at radius 2 is 0.941 bits per heavy atom. The van der Waals surface area contributed by atoms with Crippen LogP contribution in [0.4, 0.5) is 35.2 Å². The first-order valence-electron chi connectivity index (χ1n) is 46.7. The van der Waals surface area contributed by atoms with E-state index in [0.717, 1.165) is 179 Å². The number of carbonyl (C=O) groups excluding carboxylic acids is 4. The number of unbranched alkanes of at least 4 members (excludes halogenated alkanes) is 6. The van der Waals surface area contributed by atoms with Crippen molar-refractivity contribution in [3.63, 3.8) is 0 Å². The lowest BCUT2D eigenvalue weighted by Gasteiger charge is -2.33. The van der Waals surface area contributed by atoms with Crippen molar-refractivity contribution in [1.29, 1.82) is 0 Å². The van der Waals surface area contributed by atoms with Crippen molar-refractivity contribution in [2.24, 2.45) is 0 Å². The van der Waals surface area contributed by atoms with Gasteiger partial charge in [-0.25, -0.2) is 28.2 Å². The number of aliphatic hydroxyl groups excluding tert-OH is 2. The number of nitrogens with one attached hydrogen (secondary N) is 6. The third-order valence-corrected chi connectivity index (χ3v) is 29.1. The molecule has 20 rings (SSSR count). The number of aromatic amines is 2. The second-order valence-electron chi connectivity index (χ2n) is 35.5. The van der Waals surface area contributed by atoms with Crippen LogP contribution in [0.25, 0.3) is 33.5 Å². The number of rotatable bonds is 28. The molecule has 0 aliphatic carbocycles. The van der Waals surface area contributed by atoms with Crippen molar-refractivity contribution in [2.75, 3.05) is 124 Å². The molecule has 40 nitrogen and oxygen atoms in total. The number of hydrogen-bond donors (Lipinski definition) is 12. The molecule has 2 amide bonds. The highest BCUT2D eigenvalue weighted by atomic mass is 31.2. The van der Waals surface area contributed by atoms with E-state index in [2.05, 4.69) is 146 Å². The van der Waals surface area contributed by atoms with Gasteiger partial charge in [0.1, 0.15) is 85.8 Å². The van der Waals surface area contributed by atoms with Crippen molar-refractivity contribution in [1.82, 2.24) is 58.8 Å². The standard InChI is InChI=1S/2C47H54N9O11P/c1-3-54-17-9-11-25-19-30-34(22-32(25)54)65-35-23-33-26(12-10-18-55(33)4-2)20-31(35)37(30)29-21-27(13-14-28(29)45(60)61)42(58)49-15-7-5-6-8-16-50-47-51-38-41(52-46(48)53-43(38)59)56(47)44-39(57)40-36(66-44)24-64-68(62,63)67-40;1-3-54-17-9-11-25-19-30-34(22-32(25)54)65-35-23-33-26(12-10-18-55(33)4-2)20-31(35)37(30)28-14-13-27(21-29(28)45(60)61)42(58)49-15-7-5-6-8-16-50-47-51-38-41(52-46(48)53-43(38)59)56(47)44-39(57)40-36(66-44)24-64-68(62,63)67-40/h13-14,19-23,36,39-40,44,57H,3-12,15-18,24H2,1-2H3,(H6-,48,49,50,51,52,53,58,59,60,61,62,63);13-14,19-23,36,39-40,44,49,57H,3-12,15-18,24H2,1-2H3,(H5,48,53,58,59,60,61,62,63)/t2*36-,39-,40-,44-/m11/s1. The molecule has 10 aliphatic heterocycles. The summed E-state index contributed by atoms with van der Waals surface area (Å²) in [5.41, 5.74) is 21.7. The number of nitrogens with two attached hydrogens (primary N) is 2. The summed E-state index contributed by atoms with van der Waals surface area (Å²) in [5.74, 6) is -0.904. The predicted octanol–water partition coefficient (Wildman–Crippen LogP) is 3.65. The zero-order valence-corrected chi connectivity index (χ0v) is 77.4. The highest BCUT2D eigenvalue weighted by Gasteiger charge is 2.55. The molecule has 2 unspecified atom stereocenters. The summed E-state index contributed by atoms with van der Waals surface area (Å²) in [6.45, 7) is 16.7. The van der Waals surface area contributed by atoms with Gasteiger partial charge in [-0.15, -0.1) is 0 Å². The smallest absolute Gasteiger partial charge is 0.472 e. The number of phosphoric ester groups is 2. The van der Waals surface area contributed by atoms with E-state index in [1.807, 2.05) is 0 Å². The molecule has 4 aromatic heterocycles. The Kier molecular flexibility index (Phi) is 26.2. The third kappa shape index (κ3) is 18.0. The maximum absolute atomic E-state index is 13.8. The van der Waals surface area contributed by atoms with Crippen molar-refractivity contribution in [3.8, 4) is 23.0 Å². The van der Waals surface area contributed by atoms with E-state index >= 15 is 0 Å². The number of anilines is 6. The van der Waals surface area contributed by atoms with Crippen molar-refractivity contribution in [3.05, 3.63) is 194 Å². The average Bonchev–Trinajstić information content (AvgIpc) is 1.62. The van der Waals surface area contributed by atoms with E-state index < -0.39 is 93.7 Å². The number of aliphatic hydroxyl groups is 2. The van der Waals surface area contributed by atoms with Gasteiger partial charge in [0.2, 0.25) is 34.5 Å². The minimum Gasteiger partial charge on any atom is -0.545 e. The first kappa shape index (κ1) is 92.8. The van der Waals surface area contributed by atoms with Gasteiger partial charge >= 0.3 is 15.6 Å². The van der Waals surface area contributed by atoms with E-state index in [1.165, 1.54) is 49.6 Å². The summed E-state index contributed by atoms with van der Waals surface area (Å²) < 4.78 is 77.0. The van der Waals surface area contributed by atoms with E-state index in [-0.39, 0.29) is 81.9 Å². The Morgan fingerprint density at radius 1 is 0.507 bits per heavy atom. The van der Waals surface area contributed by atoms with E-state index in [1.54, 1.807) is 18.2 Å². The molecule has 14 heterocycles. The van der Waals surface area contributed by atoms with Crippen LogP contribution < -0.4 is 104 Å². The summed E-state index contributed by atoms with van der Waals surface area (Å²) in [5, 5.41) is 64.4. The summed E-state index contributed by atoms with van der Waals surface area (Å²) in [7, 11) is -8.79. The van der Waals surface area contributed by atoms with Gasteiger partial charge in [0.05, 0.1) is 37.3 Å². The van der Waals surface area contributed by atoms with Gasteiger partial charge in [-0.2, -0.15) is 9.97 Å². The van der Waals surface area contributed by atoms with E-state index in [9.17, 15) is 68.1 Å². The Morgan fingerprint density at radius 3 is 1.39 bits per heavy atom. The summed E-state index contributed by atoms with van der Waals surface area (Å²) in [6.07, 6.45) is 3.75. The lowest BCUT2D eigenvalue weighted by molar-refractivity contribution is -0.256. The molecule has 4 fully saturated rings. The van der Waals surface area contributed by atoms with Crippen LogP contribution in [0.5, 0.6) is 23.0 Å².